The van der Waals surface area contributed by atoms with E-state index in [1.807, 2.05) is 0 Å². The van der Waals surface area contributed by atoms with Gasteiger partial charge in [0.05, 0.1) is 0 Å². The van der Waals surface area contributed by atoms with Crippen LogP contribution in [0.1, 0.15) is 65.7 Å². The molecule has 2 aliphatic rings. The van der Waals surface area contributed by atoms with Gasteiger partial charge in [-0.1, -0.05) is 27.2 Å². The van der Waals surface area contributed by atoms with Crippen molar-refractivity contribution in [2.24, 2.45) is 11.8 Å². The summed E-state index contributed by atoms with van der Waals surface area (Å²) < 4.78 is 0. The molecule has 0 bridgehead atoms. The van der Waals surface area contributed by atoms with Gasteiger partial charge in [0.2, 0.25) is 0 Å². The van der Waals surface area contributed by atoms with Crippen LogP contribution in [0.3, 0.4) is 0 Å². The van der Waals surface area contributed by atoms with E-state index in [9.17, 15) is 0 Å². The molecule has 1 saturated heterocycles. The molecule has 4 atom stereocenters. The monoisotopic (exact) mass is 266 g/mol. The molecule has 1 saturated carbocycles. The Bertz CT molecular complexity index is 264. The van der Waals surface area contributed by atoms with Crippen LogP contribution >= 0.6 is 0 Å². The number of rotatable bonds is 4. The smallest absolute Gasteiger partial charge is 0.0254 e. The Morgan fingerprint density at radius 1 is 1.16 bits per heavy atom. The predicted octanol–water partition coefficient (Wildman–Crippen LogP) is 3.66. The van der Waals surface area contributed by atoms with E-state index in [0.717, 1.165) is 30.0 Å². The lowest BCUT2D eigenvalue weighted by atomic mass is 9.75. The van der Waals surface area contributed by atoms with Gasteiger partial charge in [-0.3, -0.25) is 4.90 Å². The molecule has 2 heteroatoms. The summed E-state index contributed by atoms with van der Waals surface area (Å²) in [5.41, 5.74) is 0. The van der Waals surface area contributed by atoms with Gasteiger partial charge in [0.15, 0.2) is 0 Å². The number of likely N-dealkylation sites (tertiary alicyclic amines) is 1. The average Bonchev–Trinajstić information content (AvgIpc) is 2.46. The summed E-state index contributed by atoms with van der Waals surface area (Å²) in [4.78, 5) is 2.87. The van der Waals surface area contributed by atoms with Gasteiger partial charge in [0, 0.05) is 18.1 Å². The maximum absolute atomic E-state index is 3.61. The lowest BCUT2D eigenvalue weighted by Gasteiger charge is -2.48. The predicted molar refractivity (Wildman–Crippen MR) is 83.5 cm³/mol. The Kier molecular flexibility index (Phi) is 5.70. The summed E-state index contributed by atoms with van der Waals surface area (Å²) in [6.07, 6.45) is 9.82. The van der Waals surface area contributed by atoms with Crippen molar-refractivity contribution in [1.82, 2.24) is 10.2 Å². The Labute approximate surface area is 120 Å². The Balaban J connectivity index is 2.07. The van der Waals surface area contributed by atoms with Crippen molar-refractivity contribution in [2.75, 3.05) is 13.6 Å². The second-order valence-corrected chi connectivity index (χ2v) is 7.08. The molecule has 1 heterocycles. The minimum absolute atomic E-state index is 0.724. The highest BCUT2D eigenvalue weighted by Crippen LogP contribution is 2.35. The largest absolute Gasteiger partial charge is 0.315 e. The second-order valence-electron chi connectivity index (χ2n) is 7.08. The topological polar surface area (TPSA) is 15.3 Å². The van der Waals surface area contributed by atoms with Crippen LogP contribution in [0.4, 0.5) is 0 Å². The van der Waals surface area contributed by atoms with Gasteiger partial charge >= 0.3 is 0 Å². The third kappa shape index (κ3) is 3.52. The van der Waals surface area contributed by atoms with Crippen LogP contribution in [0.5, 0.6) is 0 Å². The van der Waals surface area contributed by atoms with Gasteiger partial charge in [-0.15, -0.1) is 0 Å². The summed E-state index contributed by atoms with van der Waals surface area (Å²) in [6.45, 7) is 8.54. The first-order valence-electron chi connectivity index (χ1n) is 8.60. The molecular formula is C17H34N2. The SMILES string of the molecule is CCC1CCCCN1C1CC(C(C)C)CCC1NC. The summed E-state index contributed by atoms with van der Waals surface area (Å²) >= 11 is 0. The zero-order chi connectivity index (χ0) is 13.8. The fourth-order valence-corrected chi connectivity index (χ4v) is 4.39. The molecule has 0 spiro atoms. The molecule has 1 aliphatic heterocycles. The zero-order valence-electron chi connectivity index (χ0n) is 13.5. The second kappa shape index (κ2) is 7.08. The van der Waals surface area contributed by atoms with Gasteiger partial charge in [-0.2, -0.15) is 0 Å². The number of piperidine rings is 1. The molecule has 0 amide bonds. The van der Waals surface area contributed by atoms with E-state index < -0.39 is 0 Å². The average molecular weight is 266 g/mol. The summed E-state index contributed by atoms with van der Waals surface area (Å²) in [5.74, 6) is 1.79. The van der Waals surface area contributed by atoms with E-state index >= 15 is 0 Å². The van der Waals surface area contributed by atoms with E-state index in [4.69, 9.17) is 0 Å². The molecule has 19 heavy (non-hydrogen) atoms. The normalized spacial score (nSPS) is 37.7. The summed E-state index contributed by atoms with van der Waals surface area (Å²) in [7, 11) is 2.16. The highest BCUT2D eigenvalue weighted by molar-refractivity contribution is 4.94. The van der Waals surface area contributed by atoms with Gasteiger partial charge < -0.3 is 5.32 Å². The fraction of sp³-hybridized carbons (Fsp3) is 1.00. The molecule has 1 aliphatic carbocycles. The lowest BCUT2D eigenvalue weighted by Crippen LogP contribution is -2.57. The molecule has 1 N–H and O–H groups in total. The minimum atomic E-state index is 0.724. The first kappa shape index (κ1) is 15.3. The van der Waals surface area contributed by atoms with Crippen molar-refractivity contribution in [3.05, 3.63) is 0 Å². The fourth-order valence-electron chi connectivity index (χ4n) is 4.39. The van der Waals surface area contributed by atoms with E-state index in [-0.39, 0.29) is 0 Å². The van der Waals surface area contributed by atoms with Crippen LogP contribution in [0.2, 0.25) is 0 Å². The highest BCUT2D eigenvalue weighted by Gasteiger charge is 2.37. The minimum Gasteiger partial charge on any atom is -0.315 e. The van der Waals surface area contributed by atoms with Crippen LogP contribution in [0, 0.1) is 11.8 Å². The van der Waals surface area contributed by atoms with E-state index in [1.165, 1.54) is 51.5 Å². The van der Waals surface area contributed by atoms with Crippen molar-refractivity contribution >= 4 is 0 Å². The van der Waals surface area contributed by atoms with Gasteiger partial charge in [0.1, 0.15) is 0 Å². The molecule has 112 valence electrons. The van der Waals surface area contributed by atoms with Crippen LogP contribution < -0.4 is 5.32 Å². The van der Waals surface area contributed by atoms with Gasteiger partial charge in [-0.05, 0) is 64.0 Å². The third-order valence-corrected chi connectivity index (χ3v) is 5.74. The van der Waals surface area contributed by atoms with Gasteiger partial charge in [0.25, 0.3) is 0 Å². The molecule has 0 aromatic carbocycles. The molecule has 0 aromatic heterocycles. The number of hydrogen-bond acceptors (Lipinski definition) is 2. The van der Waals surface area contributed by atoms with Crippen LogP contribution in [-0.4, -0.2) is 36.6 Å². The van der Waals surface area contributed by atoms with Crippen molar-refractivity contribution in [3.63, 3.8) is 0 Å². The van der Waals surface area contributed by atoms with Crippen molar-refractivity contribution in [1.29, 1.82) is 0 Å². The number of nitrogens with zero attached hydrogens (tertiary/aromatic N) is 1. The van der Waals surface area contributed by atoms with Crippen LogP contribution in [0.15, 0.2) is 0 Å². The summed E-state index contributed by atoms with van der Waals surface area (Å²) in [5, 5.41) is 3.61. The quantitative estimate of drug-likeness (QED) is 0.835. The highest BCUT2D eigenvalue weighted by atomic mass is 15.2. The van der Waals surface area contributed by atoms with E-state index in [2.05, 4.69) is 38.0 Å². The summed E-state index contributed by atoms with van der Waals surface area (Å²) in [6, 6.07) is 2.36. The third-order valence-electron chi connectivity index (χ3n) is 5.74. The van der Waals surface area contributed by atoms with Gasteiger partial charge in [-0.25, -0.2) is 0 Å². The van der Waals surface area contributed by atoms with Crippen molar-refractivity contribution in [2.45, 2.75) is 83.8 Å². The molecule has 2 fully saturated rings. The zero-order valence-corrected chi connectivity index (χ0v) is 13.5. The Morgan fingerprint density at radius 2 is 1.95 bits per heavy atom. The molecular weight excluding hydrogens is 232 g/mol. The Hall–Kier alpha value is -0.0800. The number of nitrogens with one attached hydrogen (secondary N) is 1. The molecule has 4 unspecified atom stereocenters. The molecule has 2 rings (SSSR count). The maximum atomic E-state index is 3.61. The Morgan fingerprint density at radius 3 is 2.58 bits per heavy atom. The molecule has 2 nitrogen and oxygen atoms in total. The maximum Gasteiger partial charge on any atom is 0.0254 e. The van der Waals surface area contributed by atoms with Crippen LogP contribution in [0.25, 0.3) is 0 Å². The van der Waals surface area contributed by atoms with Crippen LogP contribution in [-0.2, 0) is 0 Å². The van der Waals surface area contributed by atoms with Crippen molar-refractivity contribution < 1.29 is 0 Å². The molecule has 0 radical (unpaired) electrons. The lowest BCUT2D eigenvalue weighted by molar-refractivity contribution is 0.0299. The number of hydrogen-bond donors (Lipinski definition) is 1. The van der Waals surface area contributed by atoms with E-state index in [1.54, 1.807) is 0 Å². The molecule has 0 aromatic rings. The van der Waals surface area contributed by atoms with E-state index in [0.29, 0.717) is 0 Å². The number of likely N-dealkylation sites (N-methyl/N-ethyl adjacent to an activating group) is 1. The first-order chi connectivity index (χ1) is 9.17. The van der Waals surface area contributed by atoms with Crippen molar-refractivity contribution in [3.8, 4) is 0 Å². The standard InChI is InChI=1S/C17H34N2/c1-5-15-8-6-7-11-19(15)17-12-14(13(2)3)9-10-16(17)18-4/h13-18H,5-12H2,1-4H3. The first-order valence-corrected chi connectivity index (χ1v) is 8.60.